The molecule has 1 aliphatic rings. The molecule has 7 heteroatoms. The number of amides is 3. The molecular formula is C15H13N3O4. The van der Waals surface area contributed by atoms with E-state index in [9.17, 15) is 14.4 Å². The summed E-state index contributed by atoms with van der Waals surface area (Å²) in [5.41, 5.74) is 1.31. The van der Waals surface area contributed by atoms with Gasteiger partial charge in [-0.2, -0.15) is 0 Å². The Morgan fingerprint density at radius 1 is 1.23 bits per heavy atom. The van der Waals surface area contributed by atoms with Crippen molar-refractivity contribution in [3.05, 3.63) is 41.8 Å². The van der Waals surface area contributed by atoms with Gasteiger partial charge in [0.1, 0.15) is 0 Å². The second-order valence-electron chi connectivity index (χ2n) is 4.93. The van der Waals surface area contributed by atoms with Gasteiger partial charge in [0.15, 0.2) is 0 Å². The minimum atomic E-state index is -0.493. The van der Waals surface area contributed by atoms with E-state index >= 15 is 0 Å². The molecule has 1 aromatic carbocycles. The first-order valence-corrected chi connectivity index (χ1v) is 6.76. The Bertz CT molecular complexity index is 750. The lowest BCUT2D eigenvalue weighted by Crippen LogP contribution is -2.29. The molecule has 0 aliphatic carbocycles. The van der Waals surface area contributed by atoms with Crippen molar-refractivity contribution in [1.29, 1.82) is 0 Å². The zero-order valence-corrected chi connectivity index (χ0v) is 11.8. The first kappa shape index (κ1) is 14.0. The number of carbonyl (C=O) groups excluding carboxylic acids is 3. The van der Waals surface area contributed by atoms with Crippen LogP contribution >= 0.6 is 0 Å². The number of aromatic nitrogens is 1. The fourth-order valence-electron chi connectivity index (χ4n) is 2.27. The quantitative estimate of drug-likeness (QED) is 0.874. The number of hydrogen-bond donors (Lipinski definition) is 1. The number of para-hydroxylation sites is 2. The van der Waals surface area contributed by atoms with Crippen LogP contribution in [0.5, 0.6) is 0 Å². The fourth-order valence-corrected chi connectivity index (χ4v) is 2.27. The third-order valence-corrected chi connectivity index (χ3v) is 3.30. The molecule has 22 heavy (non-hydrogen) atoms. The topological polar surface area (TPSA) is 92.5 Å². The van der Waals surface area contributed by atoms with E-state index in [1.54, 1.807) is 31.2 Å². The molecule has 0 saturated carbocycles. The van der Waals surface area contributed by atoms with Crippen LogP contribution in [-0.2, 0) is 9.59 Å². The van der Waals surface area contributed by atoms with Gasteiger partial charge < -0.3 is 9.84 Å². The van der Waals surface area contributed by atoms with E-state index in [1.807, 2.05) is 0 Å². The number of nitrogens with one attached hydrogen (secondary N) is 1. The van der Waals surface area contributed by atoms with Crippen molar-refractivity contribution >= 4 is 29.1 Å². The second-order valence-corrected chi connectivity index (χ2v) is 4.93. The molecule has 0 atom stereocenters. The van der Waals surface area contributed by atoms with Gasteiger partial charge in [0.25, 0.3) is 5.91 Å². The van der Waals surface area contributed by atoms with E-state index in [4.69, 9.17) is 4.52 Å². The van der Waals surface area contributed by atoms with Gasteiger partial charge in [-0.3, -0.25) is 14.4 Å². The minimum Gasteiger partial charge on any atom is -0.351 e. The van der Waals surface area contributed by atoms with E-state index < -0.39 is 5.91 Å². The van der Waals surface area contributed by atoms with E-state index in [0.29, 0.717) is 17.1 Å². The highest BCUT2D eigenvalue weighted by Crippen LogP contribution is 2.30. The predicted octanol–water partition coefficient (Wildman–Crippen LogP) is 1.89. The molecule has 112 valence electrons. The lowest BCUT2D eigenvalue weighted by Gasteiger charge is -2.18. The van der Waals surface area contributed by atoms with Crippen LogP contribution in [-0.4, -0.2) is 22.9 Å². The summed E-state index contributed by atoms with van der Waals surface area (Å²) >= 11 is 0. The number of rotatable bonds is 3. The maximum absolute atomic E-state index is 12.1. The van der Waals surface area contributed by atoms with Gasteiger partial charge in [0, 0.05) is 18.9 Å². The van der Waals surface area contributed by atoms with Gasteiger partial charge in [-0.25, -0.2) is 4.90 Å². The van der Waals surface area contributed by atoms with Crippen molar-refractivity contribution in [2.45, 2.75) is 19.8 Å². The molecule has 1 aliphatic heterocycles. The van der Waals surface area contributed by atoms with Crippen LogP contribution in [0.15, 0.2) is 34.9 Å². The lowest BCUT2D eigenvalue weighted by atomic mass is 10.2. The summed E-state index contributed by atoms with van der Waals surface area (Å²) in [6.45, 7) is 1.70. The van der Waals surface area contributed by atoms with Crippen molar-refractivity contribution in [3.8, 4) is 0 Å². The van der Waals surface area contributed by atoms with Gasteiger partial charge in [0.05, 0.1) is 17.1 Å². The van der Waals surface area contributed by atoms with Crippen LogP contribution in [0.2, 0.25) is 0 Å². The summed E-state index contributed by atoms with van der Waals surface area (Å²) in [6.07, 6.45) is 0.366. The highest BCUT2D eigenvalue weighted by atomic mass is 16.5. The summed E-state index contributed by atoms with van der Waals surface area (Å²) in [4.78, 5) is 36.9. The van der Waals surface area contributed by atoms with Gasteiger partial charge in [-0.15, -0.1) is 0 Å². The molecule has 1 aromatic heterocycles. The summed E-state index contributed by atoms with van der Waals surface area (Å²) in [7, 11) is 0. The minimum absolute atomic E-state index is 0.0615. The number of hydrogen-bond acceptors (Lipinski definition) is 5. The molecule has 3 amide bonds. The Kier molecular flexibility index (Phi) is 3.46. The molecule has 0 unspecified atom stereocenters. The number of anilines is 2. The molecule has 2 heterocycles. The smallest absolute Gasteiger partial charge is 0.294 e. The maximum Gasteiger partial charge on any atom is 0.294 e. The first-order chi connectivity index (χ1) is 10.6. The Morgan fingerprint density at radius 3 is 2.55 bits per heavy atom. The van der Waals surface area contributed by atoms with Crippen molar-refractivity contribution in [2.24, 2.45) is 0 Å². The normalized spacial score (nSPS) is 14.5. The predicted molar refractivity (Wildman–Crippen MR) is 77.4 cm³/mol. The third kappa shape index (κ3) is 2.48. The van der Waals surface area contributed by atoms with E-state index in [0.717, 1.165) is 4.90 Å². The highest BCUT2D eigenvalue weighted by molar-refractivity contribution is 6.22. The molecular weight excluding hydrogens is 286 g/mol. The van der Waals surface area contributed by atoms with Gasteiger partial charge in [0.2, 0.25) is 17.6 Å². The highest BCUT2D eigenvalue weighted by Gasteiger charge is 2.32. The molecule has 3 rings (SSSR count). The van der Waals surface area contributed by atoms with Gasteiger partial charge in [-0.1, -0.05) is 17.3 Å². The lowest BCUT2D eigenvalue weighted by molar-refractivity contribution is -0.121. The summed E-state index contributed by atoms with van der Waals surface area (Å²) < 4.78 is 4.90. The van der Waals surface area contributed by atoms with Crippen LogP contribution in [0.25, 0.3) is 0 Å². The van der Waals surface area contributed by atoms with Crippen molar-refractivity contribution in [3.63, 3.8) is 0 Å². The fraction of sp³-hybridized carbons (Fsp3) is 0.200. The Labute approximate surface area is 125 Å². The van der Waals surface area contributed by atoms with Crippen molar-refractivity contribution in [2.75, 3.05) is 10.2 Å². The molecule has 2 aromatic rings. The number of aryl methyl sites for hydroxylation is 1. The molecule has 0 bridgehead atoms. The summed E-state index contributed by atoms with van der Waals surface area (Å²) in [5, 5.41) is 6.29. The maximum atomic E-state index is 12.1. The van der Waals surface area contributed by atoms with Crippen LogP contribution in [0.1, 0.15) is 29.1 Å². The van der Waals surface area contributed by atoms with E-state index in [2.05, 4.69) is 10.5 Å². The van der Waals surface area contributed by atoms with Gasteiger partial charge in [-0.05, 0) is 19.1 Å². The standard InChI is InChI=1S/C15H13N3O4/c1-9-8-12(22-17-9)15(21)16-10-4-2-3-5-11(10)18-13(19)6-7-14(18)20/h2-5,8H,6-7H2,1H3,(H,16,21). The van der Waals surface area contributed by atoms with E-state index in [-0.39, 0.29) is 30.4 Å². The molecule has 1 N–H and O–H groups in total. The third-order valence-electron chi connectivity index (χ3n) is 3.30. The van der Waals surface area contributed by atoms with Crippen LogP contribution in [0, 0.1) is 6.92 Å². The molecule has 1 fully saturated rings. The Morgan fingerprint density at radius 2 is 1.91 bits per heavy atom. The van der Waals surface area contributed by atoms with Crippen LogP contribution < -0.4 is 10.2 Å². The zero-order chi connectivity index (χ0) is 15.7. The van der Waals surface area contributed by atoms with Crippen molar-refractivity contribution < 1.29 is 18.9 Å². The van der Waals surface area contributed by atoms with Crippen LogP contribution in [0.4, 0.5) is 11.4 Å². The first-order valence-electron chi connectivity index (χ1n) is 6.76. The van der Waals surface area contributed by atoms with E-state index in [1.165, 1.54) is 6.07 Å². The SMILES string of the molecule is Cc1cc(C(=O)Nc2ccccc2N2C(=O)CCC2=O)on1. The summed E-state index contributed by atoms with van der Waals surface area (Å²) in [6, 6.07) is 8.14. The number of carbonyl (C=O) groups is 3. The Hall–Kier alpha value is -2.96. The largest absolute Gasteiger partial charge is 0.351 e. The molecule has 7 nitrogen and oxygen atoms in total. The summed E-state index contributed by atoms with van der Waals surface area (Å²) in [5.74, 6) is -0.983. The van der Waals surface area contributed by atoms with Gasteiger partial charge >= 0.3 is 0 Å². The number of nitrogens with zero attached hydrogens (tertiary/aromatic N) is 2. The second kappa shape index (κ2) is 5.44. The van der Waals surface area contributed by atoms with Crippen molar-refractivity contribution in [1.82, 2.24) is 5.16 Å². The number of imide groups is 1. The Balaban J connectivity index is 1.90. The zero-order valence-electron chi connectivity index (χ0n) is 11.8. The average Bonchev–Trinajstić information content (AvgIpc) is 3.06. The molecule has 0 spiro atoms. The molecule has 1 saturated heterocycles. The average molecular weight is 299 g/mol. The number of benzene rings is 1. The van der Waals surface area contributed by atoms with Crippen LogP contribution in [0.3, 0.4) is 0 Å². The molecule has 0 radical (unpaired) electrons. The monoisotopic (exact) mass is 299 g/mol.